The van der Waals surface area contributed by atoms with Gasteiger partial charge in [0.15, 0.2) is 0 Å². The lowest BCUT2D eigenvalue weighted by Crippen LogP contribution is -1.98. The Balaban J connectivity index is 1.88. The zero-order valence-electron chi connectivity index (χ0n) is 10.6. The van der Waals surface area contributed by atoms with Crippen molar-refractivity contribution in [1.29, 1.82) is 0 Å². The van der Waals surface area contributed by atoms with E-state index in [2.05, 4.69) is 39.8 Å². The summed E-state index contributed by atoms with van der Waals surface area (Å²) < 4.78 is 0. The second-order valence-electron chi connectivity index (χ2n) is 6.03. The van der Waals surface area contributed by atoms with Gasteiger partial charge in [-0.1, -0.05) is 30.2 Å². The summed E-state index contributed by atoms with van der Waals surface area (Å²) in [6, 6.07) is 0. The molecule has 1 saturated carbocycles. The molecule has 1 fully saturated rings. The molecular formula is C15H24. The van der Waals surface area contributed by atoms with E-state index < -0.39 is 0 Å². The number of allylic oxidation sites excluding steroid dienone is 4. The average Bonchev–Trinajstić information content (AvgIpc) is 2.71. The smallest absolute Gasteiger partial charge is 0.0254 e. The van der Waals surface area contributed by atoms with Crippen LogP contribution in [0.2, 0.25) is 0 Å². The molecule has 0 heterocycles. The Morgan fingerprint density at radius 3 is 2.80 bits per heavy atom. The van der Waals surface area contributed by atoms with E-state index in [0.29, 0.717) is 5.41 Å². The summed E-state index contributed by atoms with van der Waals surface area (Å²) in [4.78, 5) is 0. The Bertz CT molecular complexity index is 304. The number of rotatable bonds is 3. The van der Waals surface area contributed by atoms with Gasteiger partial charge in [-0.25, -0.2) is 0 Å². The van der Waals surface area contributed by atoms with Crippen molar-refractivity contribution < 1.29 is 0 Å². The fourth-order valence-electron chi connectivity index (χ4n) is 3.37. The molecule has 0 saturated heterocycles. The first-order valence-corrected chi connectivity index (χ1v) is 6.33. The van der Waals surface area contributed by atoms with Gasteiger partial charge in [0.1, 0.15) is 0 Å². The Morgan fingerprint density at radius 2 is 2.20 bits per heavy atom. The molecular weight excluding hydrogens is 180 g/mol. The second-order valence-corrected chi connectivity index (χ2v) is 6.03. The predicted molar refractivity (Wildman–Crippen MR) is 66.7 cm³/mol. The van der Waals surface area contributed by atoms with Crippen LogP contribution in [0.25, 0.3) is 0 Å². The molecule has 3 unspecified atom stereocenters. The first-order valence-electron chi connectivity index (χ1n) is 6.33. The Hall–Kier alpha value is -0.520. The molecule has 0 spiro atoms. The van der Waals surface area contributed by atoms with Gasteiger partial charge in [-0.05, 0) is 63.7 Å². The van der Waals surface area contributed by atoms with Crippen molar-refractivity contribution in [2.45, 2.75) is 53.4 Å². The number of hydrogen-bond donors (Lipinski definition) is 0. The van der Waals surface area contributed by atoms with Crippen molar-refractivity contribution in [2.75, 3.05) is 0 Å². The van der Waals surface area contributed by atoms with E-state index >= 15 is 0 Å². The molecule has 0 aliphatic heterocycles. The molecule has 2 rings (SSSR count). The molecule has 0 aromatic carbocycles. The van der Waals surface area contributed by atoms with Gasteiger partial charge in [0.05, 0.1) is 0 Å². The fourth-order valence-corrected chi connectivity index (χ4v) is 3.37. The van der Waals surface area contributed by atoms with E-state index in [0.717, 1.165) is 11.8 Å². The summed E-state index contributed by atoms with van der Waals surface area (Å²) in [6.07, 6.45) is 10.3. The molecule has 2 aliphatic carbocycles. The van der Waals surface area contributed by atoms with Crippen LogP contribution in [0.1, 0.15) is 53.4 Å². The van der Waals surface area contributed by atoms with Gasteiger partial charge in [-0.3, -0.25) is 0 Å². The SMILES string of the molecule is CC(C)=CCCC1(C)C2CC=C(C)CC21. The Labute approximate surface area is 94.5 Å². The molecule has 2 aliphatic rings. The third-order valence-electron chi connectivity index (χ3n) is 4.57. The van der Waals surface area contributed by atoms with Crippen LogP contribution in [-0.2, 0) is 0 Å². The van der Waals surface area contributed by atoms with Crippen LogP contribution < -0.4 is 0 Å². The normalized spacial score (nSPS) is 38.0. The average molecular weight is 204 g/mol. The highest BCUT2D eigenvalue weighted by Crippen LogP contribution is 2.67. The Kier molecular flexibility index (Phi) is 2.79. The molecule has 0 radical (unpaired) electrons. The summed E-state index contributed by atoms with van der Waals surface area (Å²) in [5, 5.41) is 0. The molecule has 0 nitrogen and oxygen atoms in total. The molecule has 3 atom stereocenters. The van der Waals surface area contributed by atoms with Gasteiger partial charge in [-0.2, -0.15) is 0 Å². The molecule has 0 bridgehead atoms. The van der Waals surface area contributed by atoms with Gasteiger partial charge in [-0.15, -0.1) is 0 Å². The van der Waals surface area contributed by atoms with Crippen molar-refractivity contribution in [3.05, 3.63) is 23.3 Å². The van der Waals surface area contributed by atoms with Crippen molar-refractivity contribution in [2.24, 2.45) is 17.3 Å². The van der Waals surface area contributed by atoms with E-state index in [1.807, 2.05) is 0 Å². The minimum atomic E-state index is 0.667. The minimum absolute atomic E-state index is 0.667. The second kappa shape index (κ2) is 3.81. The minimum Gasteiger partial charge on any atom is -0.0859 e. The summed E-state index contributed by atoms with van der Waals surface area (Å²) in [7, 11) is 0. The molecule has 0 aromatic heterocycles. The quantitative estimate of drug-likeness (QED) is 0.583. The van der Waals surface area contributed by atoms with Crippen LogP contribution in [-0.4, -0.2) is 0 Å². The zero-order valence-corrected chi connectivity index (χ0v) is 10.6. The van der Waals surface area contributed by atoms with E-state index in [1.165, 1.54) is 31.3 Å². The van der Waals surface area contributed by atoms with E-state index in [4.69, 9.17) is 0 Å². The number of fused-ring (bicyclic) bond motifs is 1. The van der Waals surface area contributed by atoms with Crippen LogP contribution in [0.3, 0.4) is 0 Å². The third kappa shape index (κ3) is 2.04. The van der Waals surface area contributed by atoms with Gasteiger partial charge >= 0.3 is 0 Å². The summed E-state index contributed by atoms with van der Waals surface area (Å²) in [5.41, 5.74) is 3.76. The highest BCUT2D eigenvalue weighted by atomic mass is 14.6. The first kappa shape index (κ1) is 11.0. The van der Waals surface area contributed by atoms with Gasteiger partial charge < -0.3 is 0 Å². The van der Waals surface area contributed by atoms with E-state index in [-0.39, 0.29) is 0 Å². The number of hydrogen-bond acceptors (Lipinski definition) is 0. The fraction of sp³-hybridized carbons (Fsp3) is 0.733. The molecule has 0 heteroatoms. The molecule has 84 valence electrons. The summed E-state index contributed by atoms with van der Waals surface area (Å²) in [5.74, 6) is 2.01. The van der Waals surface area contributed by atoms with Crippen LogP contribution >= 0.6 is 0 Å². The summed E-state index contributed by atoms with van der Waals surface area (Å²) in [6.45, 7) is 9.21. The van der Waals surface area contributed by atoms with Crippen LogP contribution in [0.15, 0.2) is 23.3 Å². The van der Waals surface area contributed by atoms with Gasteiger partial charge in [0.2, 0.25) is 0 Å². The molecule has 0 N–H and O–H groups in total. The van der Waals surface area contributed by atoms with E-state index in [1.54, 1.807) is 5.57 Å². The van der Waals surface area contributed by atoms with Crippen molar-refractivity contribution in [3.8, 4) is 0 Å². The maximum Gasteiger partial charge on any atom is -0.0254 e. The molecule has 0 aromatic rings. The maximum absolute atomic E-state index is 2.51. The monoisotopic (exact) mass is 204 g/mol. The Morgan fingerprint density at radius 1 is 1.47 bits per heavy atom. The van der Waals surface area contributed by atoms with Gasteiger partial charge in [0, 0.05) is 0 Å². The zero-order chi connectivity index (χ0) is 11.1. The maximum atomic E-state index is 2.51. The van der Waals surface area contributed by atoms with Crippen molar-refractivity contribution >= 4 is 0 Å². The van der Waals surface area contributed by atoms with Crippen molar-refractivity contribution in [1.82, 2.24) is 0 Å². The van der Waals surface area contributed by atoms with Gasteiger partial charge in [0.25, 0.3) is 0 Å². The largest absolute Gasteiger partial charge is 0.0859 e. The highest BCUT2D eigenvalue weighted by Gasteiger charge is 2.59. The predicted octanol–water partition coefficient (Wildman–Crippen LogP) is 4.73. The third-order valence-corrected chi connectivity index (χ3v) is 4.57. The lowest BCUT2D eigenvalue weighted by molar-refractivity contribution is 0.445. The molecule has 15 heavy (non-hydrogen) atoms. The lowest BCUT2D eigenvalue weighted by atomic mass is 9.96. The summed E-state index contributed by atoms with van der Waals surface area (Å²) >= 11 is 0. The van der Waals surface area contributed by atoms with Crippen LogP contribution in [0.4, 0.5) is 0 Å². The standard InChI is InChI=1S/C15H24/c1-11(2)6-5-9-15(4)13-8-7-12(3)10-14(13)15/h6-7,13-14H,5,8-10H2,1-4H3. The van der Waals surface area contributed by atoms with Crippen LogP contribution in [0, 0.1) is 17.3 Å². The van der Waals surface area contributed by atoms with E-state index in [9.17, 15) is 0 Å². The van der Waals surface area contributed by atoms with Crippen LogP contribution in [0.5, 0.6) is 0 Å². The van der Waals surface area contributed by atoms with Crippen molar-refractivity contribution in [3.63, 3.8) is 0 Å². The lowest BCUT2D eigenvalue weighted by Gasteiger charge is -2.09. The molecule has 0 amide bonds. The highest BCUT2D eigenvalue weighted by molar-refractivity contribution is 5.20. The first-order chi connectivity index (χ1) is 7.04. The topological polar surface area (TPSA) is 0 Å².